The Labute approximate surface area is 131 Å². The number of benzene rings is 2. The lowest BCUT2D eigenvalue weighted by molar-refractivity contribution is -0.556. The molecule has 1 atom stereocenters. The average molecular weight is 300 g/mol. The van der Waals surface area contributed by atoms with Gasteiger partial charge in [-0.25, -0.2) is 4.58 Å². The van der Waals surface area contributed by atoms with Gasteiger partial charge in [0.2, 0.25) is 0 Å². The molecule has 3 N–H and O–H groups in total. The second-order valence-corrected chi connectivity index (χ2v) is 5.72. The van der Waals surface area contributed by atoms with Gasteiger partial charge in [0.05, 0.1) is 13.1 Å². The summed E-state index contributed by atoms with van der Waals surface area (Å²) in [4.78, 5) is 0. The maximum Gasteiger partial charge on any atom is 0.344 e. The SMILES string of the molecule is CC(S)/[N+](Cc1ccccc1)=C(\N)NCc1ccccc1. The molecular weight excluding hydrogens is 278 g/mol. The molecule has 0 fully saturated rings. The monoisotopic (exact) mass is 300 g/mol. The van der Waals surface area contributed by atoms with E-state index >= 15 is 0 Å². The molecule has 4 heteroatoms. The molecule has 3 nitrogen and oxygen atoms in total. The van der Waals surface area contributed by atoms with Gasteiger partial charge in [0.15, 0.2) is 0 Å². The van der Waals surface area contributed by atoms with Crippen LogP contribution < -0.4 is 11.1 Å². The zero-order valence-corrected chi connectivity index (χ0v) is 13.1. The van der Waals surface area contributed by atoms with E-state index in [0.717, 1.165) is 6.54 Å². The Morgan fingerprint density at radius 2 is 1.57 bits per heavy atom. The summed E-state index contributed by atoms with van der Waals surface area (Å²) in [5.41, 5.74) is 8.61. The van der Waals surface area contributed by atoms with Crippen molar-refractivity contribution in [3.8, 4) is 0 Å². The van der Waals surface area contributed by atoms with Crippen LogP contribution in [-0.2, 0) is 13.1 Å². The quantitative estimate of drug-likeness (QED) is 0.261. The van der Waals surface area contributed by atoms with Gasteiger partial charge in [-0.1, -0.05) is 60.7 Å². The van der Waals surface area contributed by atoms with Gasteiger partial charge in [-0.3, -0.25) is 11.1 Å². The fourth-order valence-electron chi connectivity index (χ4n) is 2.09. The van der Waals surface area contributed by atoms with E-state index in [1.807, 2.05) is 47.9 Å². The molecular formula is C17H22N3S+. The van der Waals surface area contributed by atoms with E-state index < -0.39 is 0 Å². The van der Waals surface area contributed by atoms with Crippen molar-refractivity contribution in [2.75, 3.05) is 0 Å². The fraction of sp³-hybridized carbons (Fsp3) is 0.235. The molecule has 0 saturated carbocycles. The van der Waals surface area contributed by atoms with Crippen molar-refractivity contribution >= 4 is 18.6 Å². The van der Waals surface area contributed by atoms with Gasteiger partial charge in [-0.05, 0) is 18.1 Å². The van der Waals surface area contributed by atoms with Crippen LogP contribution in [0.2, 0.25) is 0 Å². The number of nitrogens with zero attached hydrogens (tertiary/aromatic N) is 1. The van der Waals surface area contributed by atoms with Gasteiger partial charge >= 0.3 is 5.96 Å². The molecule has 0 aliphatic rings. The zero-order valence-electron chi connectivity index (χ0n) is 12.2. The summed E-state index contributed by atoms with van der Waals surface area (Å²) in [6, 6.07) is 20.5. The first-order valence-electron chi connectivity index (χ1n) is 7.05. The highest BCUT2D eigenvalue weighted by Crippen LogP contribution is 2.05. The first-order chi connectivity index (χ1) is 10.2. The predicted molar refractivity (Wildman–Crippen MR) is 91.3 cm³/mol. The highest BCUT2D eigenvalue weighted by Gasteiger charge is 2.13. The number of guanidine groups is 1. The van der Waals surface area contributed by atoms with Crippen molar-refractivity contribution in [3.63, 3.8) is 0 Å². The predicted octanol–water partition coefficient (Wildman–Crippen LogP) is 2.58. The Kier molecular flexibility index (Phi) is 5.69. The minimum atomic E-state index is 0.0356. The molecule has 2 aromatic carbocycles. The van der Waals surface area contributed by atoms with Crippen LogP contribution >= 0.6 is 12.6 Å². The molecule has 21 heavy (non-hydrogen) atoms. The molecule has 0 aliphatic heterocycles. The molecule has 0 saturated heterocycles. The highest BCUT2D eigenvalue weighted by atomic mass is 32.1. The van der Waals surface area contributed by atoms with Crippen LogP contribution in [0.25, 0.3) is 0 Å². The van der Waals surface area contributed by atoms with Crippen LogP contribution in [0.4, 0.5) is 0 Å². The van der Waals surface area contributed by atoms with Crippen LogP contribution in [0.1, 0.15) is 18.1 Å². The molecule has 2 aromatic rings. The summed E-state index contributed by atoms with van der Waals surface area (Å²) >= 11 is 4.53. The number of hydrogen-bond acceptors (Lipinski definition) is 1. The minimum absolute atomic E-state index is 0.0356. The molecule has 0 aliphatic carbocycles. The van der Waals surface area contributed by atoms with Crippen molar-refractivity contribution in [2.24, 2.45) is 5.73 Å². The van der Waals surface area contributed by atoms with E-state index in [2.05, 4.69) is 42.2 Å². The molecule has 110 valence electrons. The van der Waals surface area contributed by atoms with Crippen molar-refractivity contribution in [2.45, 2.75) is 25.4 Å². The molecule has 0 spiro atoms. The summed E-state index contributed by atoms with van der Waals surface area (Å²) in [6.45, 7) is 3.46. The third-order valence-electron chi connectivity index (χ3n) is 3.27. The third kappa shape index (κ3) is 4.83. The van der Waals surface area contributed by atoms with Crippen LogP contribution in [-0.4, -0.2) is 15.9 Å². The lowest BCUT2D eigenvalue weighted by Gasteiger charge is -2.15. The lowest BCUT2D eigenvalue weighted by atomic mass is 10.2. The fourth-order valence-corrected chi connectivity index (χ4v) is 2.29. The number of thiol groups is 1. The number of nitrogens with two attached hydrogens (primary N) is 1. The number of hydrogen-bond donors (Lipinski definition) is 3. The average Bonchev–Trinajstić information content (AvgIpc) is 2.52. The summed E-state index contributed by atoms with van der Waals surface area (Å²) in [6.07, 6.45) is 0. The molecule has 1 unspecified atom stereocenters. The normalized spacial score (nSPS) is 13.4. The summed E-state index contributed by atoms with van der Waals surface area (Å²) in [5, 5.41) is 3.31. The van der Waals surface area contributed by atoms with Crippen molar-refractivity contribution < 1.29 is 4.58 Å². The molecule has 2 rings (SSSR count). The Bertz CT molecular complexity index is 579. The second-order valence-electron chi connectivity index (χ2n) is 4.97. The maximum atomic E-state index is 6.20. The Hall–Kier alpha value is -1.94. The van der Waals surface area contributed by atoms with Gasteiger partial charge in [0.25, 0.3) is 0 Å². The van der Waals surface area contributed by atoms with Crippen molar-refractivity contribution in [3.05, 3.63) is 71.8 Å². The van der Waals surface area contributed by atoms with Crippen LogP contribution in [0.5, 0.6) is 0 Å². The van der Waals surface area contributed by atoms with Crippen LogP contribution in [0, 0.1) is 0 Å². The Balaban J connectivity index is 2.08. The maximum absolute atomic E-state index is 6.20. The molecule has 0 aromatic heterocycles. The van der Waals surface area contributed by atoms with Crippen LogP contribution in [0.3, 0.4) is 0 Å². The summed E-state index contributed by atoms with van der Waals surface area (Å²) in [7, 11) is 0. The summed E-state index contributed by atoms with van der Waals surface area (Å²) < 4.78 is 2.04. The number of nitrogens with one attached hydrogen (secondary N) is 1. The van der Waals surface area contributed by atoms with E-state index in [-0.39, 0.29) is 5.37 Å². The number of rotatable bonds is 5. The summed E-state index contributed by atoms with van der Waals surface area (Å²) in [5.74, 6) is 0.644. The van der Waals surface area contributed by atoms with E-state index in [4.69, 9.17) is 5.73 Å². The van der Waals surface area contributed by atoms with E-state index in [9.17, 15) is 0 Å². The topological polar surface area (TPSA) is 41.1 Å². The standard InChI is InChI=1S/C17H21N3S/c1-14(21)20(13-16-10-6-3-7-11-16)17(18)19-12-15-8-4-2-5-9-15/h2-11,14H,12-13H2,1H3,(H3,18,19,21)/p+1. The lowest BCUT2D eigenvalue weighted by Crippen LogP contribution is -2.42. The smallest absolute Gasteiger partial charge is 0.291 e. The van der Waals surface area contributed by atoms with E-state index in [1.165, 1.54) is 11.1 Å². The van der Waals surface area contributed by atoms with Crippen molar-refractivity contribution in [1.29, 1.82) is 0 Å². The van der Waals surface area contributed by atoms with E-state index in [1.54, 1.807) is 0 Å². The first-order valence-corrected chi connectivity index (χ1v) is 7.57. The third-order valence-corrected chi connectivity index (χ3v) is 3.55. The second kappa shape index (κ2) is 7.74. The Morgan fingerprint density at radius 1 is 1.05 bits per heavy atom. The van der Waals surface area contributed by atoms with Gasteiger partial charge in [-0.2, -0.15) is 0 Å². The minimum Gasteiger partial charge on any atom is -0.291 e. The molecule has 0 amide bonds. The van der Waals surface area contributed by atoms with Crippen LogP contribution in [0.15, 0.2) is 60.7 Å². The molecule has 0 radical (unpaired) electrons. The highest BCUT2D eigenvalue weighted by molar-refractivity contribution is 7.80. The Morgan fingerprint density at radius 3 is 2.10 bits per heavy atom. The van der Waals surface area contributed by atoms with E-state index in [0.29, 0.717) is 12.5 Å². The van der Waals surface area contributed by atoms with Gasteiger partial charge in [0.1, 0.15) is 5.37 Å². The van der Waals surface area contributed by atoms with Crippen molar-refractivity contribution in [1.82, 2.24) is 5.32 Å². The first kappa shape index (κ1) is 15.4. The van der Waals surface area contributed by atoms with Gasteiger partial charge in [-0.15, -0.1) is 12.6 Å². The van der Waals surface area contributed by atoms with Gasteiger partial charge < -0.3 is 0 Å². The molecule has 0 bridgehead atoms. The van der Waals surface area contributed by atoms with Gasteiger partial charge in [0, 0.05) is 0 Å². The molecule has 0 heterocycles. The largest absolute Gasteiger partial charge is 0.344 e. The zero-order chi connectivity index (χ0) is 15.1.